The van der Waals surface area contributed by atoms with Gasteiger partial charge in [0.1, 0.15) is 0 Å². The molecule has 1 fully saturated rings. The molecule has 0 saturated carbocycles. The van der Waals surface area contributed by atoms with Crippen LogP contribution < -0.4 is 5.32 Å². The summed E-state index contributed by atoms with van der Waals surface area (Å²) in [5.41, 5.74) is 0. The Kier molecular flexibility index (Phi) is 6.98. The van der Waals surface area contributed by atoms with Crippen LogP contribution in [0.25, 0.3) is 0 Å². The number of hydrogen-bond acceptors (Lipinski definition) is 3. The number of nitrogens with one attached hydrogen (secondary N) is 1. The SMILES string of the molecule is CCCNCC1CCCN(CCCO)C1. The van der Waals surface area contributed by atoms with Gasteiger partial charge in [-0.1, -0.05) is 6.92 Å². The van der Waals surface area contributed by atoms with Crippen LogP contribution in [0, 0.1) is 5.92 Å². The second-order valence-electron chi connectivity index (χ2n) is 4.59. The number of likely N-dealkylation sites (tertiary alicyclic amines) is 1. The van der Waals surface area contributed by atoms with E-state index in [9.17, 15) is 0 Å². The molecule has 0 bridgehead atoms. The maximum atomic E-state index is 8.80. The molecule has 2 N–H and O–H groups in total. The normalized spacial score (nSPS) is 23.2. The topological polar surface area (TPSA) is 35.5 Å². The van der Waals surface area contributed by atoms with E-state index in [1.54, 1.807) is 0 Å². The van der Waals surface area contributed by atoms with E-state index in [1.165, 1.54) is 38.9 Å². The zero-order chi connectivity index (χ0) is 10.9. The Morgan fingerprint density at radius 1 is 1.47 bits per heavy atom. The van der Waals surface area contributed by atoms with Crippen LogP contribution in [0.3, 0.4) is 0 Å². The number of aliphatic hydroxyl groups is 1. The number of nitrogens with zero attached hydrogens (tertiary/aromatic N) is 1. The molecule has 1 rings (SSSR count). The predicted octanol–water partition coefficient (Wildman–Crippen LogP) is 1.08. The summed E-state index contributed by atoms with van der Waals surface area (Å²) in [5, 5.41) is 12.3. The van der Waals surface area contributed by atoms with Crippen molar-refractivity contribution in [3.8, 4) is 0 Å². The Hall–Kier alpha value is -0.120. The predicted molar refractivity (Wildman–Crippen MR) is 64.0 cm³/mol. The summed E-state index contributed by atoms with van der Waals surface area (Å²) in [4.78, 5) is 2.50. The van der Waals surface area contributed by atoms with Crippen LogP contribution in [0.2, 0.25) is 0 Å². The van der Waals surface area contributed by atoms with Crippen LogP contribution >= 0.6 is 0 Å². The first kappa shape index (κ1) is 12.9. The smallest absolute Gasteiger partial charge is 0.0443 e. The zero-order valence-corrected chi connectivity index (χ0v) is 10.0. The van der Waals surface area contributed by atoms with E-state index >= 15 is 0 Å². The summed E-state index contributed by atoms with van der Waals surface area (Å²) < 4.78 is 0. The summed E-state index contributed by atoms with van der Waals surface area (Å²) in [7, 11) is 0. The summed E-state index contributed by atoms with van der Waals surface area (Å²) in [6, 6.07) is 0. The lowest BCUT2D eigenvalue weighted by molar-refractivity contribution is 0.157. The minimum absolute atomic E-state index is 0.329. The largest absolute Gasteiger partial charge is 0.396 e. The van der Waals surface area contributed by atoms with Gasteiger partial charge in [0, 0.05) is 19.7 Å². The quantitative estimate of drug-likeness (QED) is 0.623. The lowest BCUT2D eigenvalue weighted by Crippen LogP contribution is -2.40. The van der Waals surface area contributed by atoms with Crippen molar-refractivity contribution >= 4 is 0 Å². The second-order valence-corrected chi connectivity index (χ2v) is 4.59. The van der Waals surface area contributed by atoms with Crippen LogP contribution in [0.4, 0.5) is 0 Å². The molecule has 1 saturated heterocycles. The molecule has 0 aliphatic carbocycles. The van der Waals surface area contributed by atoms with Crippen molar-refractivity contribution in [1.82, 2.24) is 10.2 Å². The minimum atomic E-state index is 0.329. The molecule has 0 aromatic carbocycles. The van der Waals surface area contributed by atoms with Gasteiger partial charge in [-0.3, -0.25) is 0 Å². The van der Waals surface area contributed by atoms with Crippen LogP contribution in [0.15, 0.2) is 0 Å². The van der Waals surface area contributed by atoms with Gasteiger partial charge in [0.2, 0.25) is 0 Å². The molecule has 0 aromatic rings. The van der Waals surface area contributed by atoms with E-state index in [0.717, 1.165) is 25.4 Å². The van der Waals surface area contributed by atoms with Gasteiger partial charge in [0.25, 0.3) is 0 Å². The molecule has 3 heteroatoms. The fraction of sp³-hybridized carbons (Fsp3) is 1.00. The van der Waals surface area contributed by atoms with Crippen molar-refractivity contribution in [2.24, 2.45) is 5.92 Å². The Morgan fingerprint density at radius 3 is 3.07 bits per heavy atom. The lowest BCUT2D eigenvalue weighted by atomic mass is 9.98. The van der Waals surface area contributed by atoms with Crippen LogP contribution in [0.5, 0.6) is 0 Å². The van der Waals surface area contributed by atoms with Gasteiger partial charge in [0.15, 0.2) is 0 Å². The number of rotatable bonds is 7. The van der Waals surface area contributed by atoms with Crippen molar-refractivity contribution in [2.45, 2.75) is 32.6 Å². The Bertz CT molecular complexity index is 153. The monoisotopic (exact) mass is 214 g/mol. The summed E-state index contributed by atoms with van der Waals surface area (Å²) in [6.45, 7) is 8.37. The third-order valence-corrected chi connectivity index (χ3v) is 3.10. The van der Waals surface area contributed by atoms with Gasteiger partial charge < -0.3 is 15.3 Å². The van der Waals surface area contributed by atoms with Crippen molar-refractivity contribution < 1.29 is 5.11 Å². The van der Waals surface area contributed by atoms with Gasteiger partial charge in [-0.15, -0.1) is 0 Å². The molecule has 3 nitrogen and oxygen atoms in total. The van der Waals surface area contributed by atoms with E-state index < -0.39 is 0 Å². The molecule has 1 atom stereocenters. The molecule has 1 aliphatic heterocycles. The summed E-state index contributed by atoms with van der Waals surface area (Å²) >= 11 is 0. The van der Waals surface area contributed by atoms with Crippen LogP contribution in [-0.4, -0.2) is 49.3 Å². The lowest BCUT2D eigenvalue weighted by Gasteiger charge is -2.32. The fourth-order valence-corrected chi connectivity index (χ4v) is 2.30. The maximum Gasteiger partial charge on any atom is 0.0443 e. The van der Waals surface area contributed by atoms with E-state index in [1.807, 2.05) is 0 Å². The van der Waals surface area contributed by atoms with Crippen molar-refractivity contribution in [2.75, 3.05) is 39.3 Å². The first-order valence-electron chi connectivity index (χ1n) is 6.40. The molecular weight excluding hydrogens is 188 g/mol. The second kappa shape index (κ2) is 8.08. The molecule has 15 heavy (non-hydrogen) atoms. The minimum Gasteiger partial charge on any atom is -0.396 e. The molecule has 90 valence electrons. The molecule has 0 amide bonds. The molecule has 1 aliphatic rings. The highest BCUT2D eigenvalue weighted by Gasteiger charge is 2.18. The van der Waals surface area contributed by atoms with E-state index in [0.29, 0.717) is 6.61 Å². The van der Waals surface area contributed by atoms with Gasteiger partial charge in [-0.05, 0) is 51.2 Å². The molecule has 1 heterocycles. The summed E-state index contributed by atoms with van der Waals surface area (Å²) in [5.74, 6) is 0.823. The van der Waals surface area contributed by atoms with Crippen molar-refractivity contribution in [1.29, 1.82) is 0 Å². The highest BCUT2D eigenvalue weighted by molar-refractivity contribution is 4.74. The Balaban J connectivity index is 2.11. The number of aliphatic hydroxyl groups excluding tert-OH is 1. The van der Waals surface area contributed by atoms with Crippen molar-refractivity contribution in [3.63, 3.8) is 0 Å². The third-order valence-electron chi connectivity index (χ3n) is 3.10. The fourth-order valence-electron chi connectivity index (χ4n) is 2.30. The number of piperidine rings is 1. The molecular formula is C12H26N2O. The van der Waals surface area contributed by atoms with Gasteiger partial charge in [-0.2, -0.15) is 0 Å². The molecule has 1 unspecified atom stereocenters. The summed E-state index contributed by atoms with van der Waals surface area (Å²) in [6.07, 6.45) is 4.84. The number of hydrogen-bond donors (Lipinski definition) is 2. The molecule has 0 aromatic heterocycles. The van der Waals surface area contributed by atoms with E-state index in [2.05, 4.69) is 17.1 Å². The highest BCUT2D eigenvalue weighted by atomic mass is 16.3. The standard InChI is InChI=1S/C12H26N2O/c1-2-6-13-10-12-5-3-7-14(11-12)8-4-9-15/h12-13,15H,2-11H2,1H3. The van der Waals surface area contributed by atoms with Crippen LogP contribution in [-0.2, 0) is 0 Å². The molecule has 0 radical (unpaired) electrons. The zero-order valence-electron chi connectivity index (χ0n) is 10.0. The Morgan fingerprint density at radius 2 is 2.33 bits per heavy atom. The first-order valence-corrected chi connectivity index (χ1v) is 6.40. The van der Waals surface area contributed by atoms with Crippen molar-refractivity contribution in [3.05, 3.63) is 0 Å². The third kappa shape index (κ3) is 5.50. The Labute approximate surface area is 93.9 Å². The average molecular weight is 214 g/mol. The van der Waals surface area contributed by atoms with Gasteiger partial charge in [0.05, 0.1) is 0 Å². The molecule has 0 spiro atoms. The van der Waals surface area contributed by atoms with Gasteiger partial charge in [-0.25, -0.2) is 0 Å². The van der Waals surface area contributed by atoms with Crippen LogP contribution in [0.1, 0.15) is 32.6 Å². The highest BCUT2D eigenvalue weighted by Crippen LogP contribution is 2.15. The van der Waals surface area contributed by atoms with E-state index in [-0.39, 0.29) is 0 Å². The maximum absolute atomic E-state index is 8.80. The van der Waals surface area contributed by atoms with E-state index in [4.69, 9.17) is 5.11 Å². The first-order chi connectivity index (χ1) is 7.36. The average Bonchev–Trinajstić information content (AvgIpc) is 2.27. The van der Waals surface area contributed by atoms with Gasteiger partial charge >= 0.3 is 0 Å².